The van der Waals surface area contributed by atoms with E-state index in [1.807, 2.05) is 19.9 Å². The summed E-state index contributed by atoms with van der Waals surface area (Å²) in [4.78, 5) is 16.5. The molecule has 2 N–H and O–H groups in total. The van der Waals surface area contributed by atoms with Crippen molar-refractivity contribution in [1.29, 1.82) is 0 Å². The Morgan fingerprint density at radius 3 is 2.52 bits per heavy atom. The number of alkyl halides is 2. The van der Waals surface area contributed by atoms with Gasteiger partial charge in [0, 0.05) is 43.7 Å². The molecule has 8 heteroatoms. The molecule has 0 aliphatic carbocycles. The van der Waals surface area contributed by atoms with Gasteiger partial charge in [-0.1, -0.05) is 52.9 Å². The Balaban J connectivity index is 1.61. The zero-order valence-corrected chi connectivity index (χ0v) is 23.1. The van der Waals surface area contributed by atoms with Crippen molar-refractivity contribution in [1.82, 2.24) is 15.1 Å². The number of ether oxygens (including phenoxy) is 1. The maximum atomic E-state index is 12.3. The van der Waals surface area contributed by atoms with Gasteiger partial charge in [0.2, 0.25) is 0 Å². The number of nitrogens with zero attached hydrogens (tertiary/aromatic N) is 2. The van der Waals surface area contributed by atoms with Crippen molar-refractivity contribution in [2.75, 3.05) is 43.7 Å². The molecule has 6 nitrogen and oxygen atoms in total. The molecule has 1 aliphatic rings. The quantitative estimate of drug-likeness (QED) is 0.198. The Bertz CT molecular complexity index is 647. The standard InChI is InChI=1S/C23H37I2N3O3/c1-22(2,25)31-21(29)28(17-12-24)14-7-6-13-26-19-23(30)10-15-27(16-11-23)18-20-8-4-3-5-9-20/h3-5,8-9,26,30H,6-7,10-19H2,1-2H3. The number of benzene rings is 1. The molecule has 1 saturated heterocycles. The molecule has 0 atom stereocenters. The van der Waals surface area contributed by atoms with Crippen molar-refractivity contribution in [3.63, 3.8) is 0 Å². The van der Waals surface area contributed by atoms with E-state index in [0.717, 1.165) is 56.3 Å². The molecule has 2 rings (SSSR count). The molecule has 0 radical (unpaired) electrons. The van der Waals surface area contributed by atoms with Crippen LogP contribution in [0.2, 0.25) is 0 Å². The molecule has 0 saturated carbocycles. The summed E-state index contributed by atoms with van der Waals surface area (Å²) in [6.45, 7) is 9.46. The van der Waals surface area contributed by atoms with Crippen molar-refractivity contribution >= 4 is 51.3 Å². The number of hydrogen-bond acceptors (Lipinski definition) is 5. The van der Waals surface area contributed by atoms with E-state index in [-0.39, 0.29) is 6.09 Å². The number of amides is 1. The van der Waals surface area contributed by atoms with Gasteiger partial charge in [-0.25, -0.2) is 4.79 Å². The van der Waals surface area contributed by atoms with E-state index in [1.165, 1.54) is 5.56 Å². The van der Waals surface area contributed by atoms with Crippen molar-refractivity contribution < 1.29 is 14.6 Å². The minimum Gasteiger partial charge on any atom is -0.433 e. The summed E-state index contributed by atoms with van der Waals surface area (Å²) >= 11 is 4.42. The van der Waals surface area contributed by atoms with Crippen LogP contribution >= 0.6 is 45.2 Å². The molecule has 0 unspecified atom stereocenters. The number of aliphatic hydroxyl groups is 1. The van der Waals surface area contributed by atoms with E-state index in [2.05, 4.69) is 79.7 Å². The highest BCUT2D eigenvalue weighted by atomic mass is 127. The Labute approximate surface area is 214 Å². The summed E-state index contributed by atoms with van der Waals surface area (Å²) < 4.78 is 5.88. The van der Waals surface area contributed by atoms with Crippen LogP contribution in [0.5, 0.6) is 0 Å². The molecule has 1 aromatic rings. The van der Waals surface area contributed by atoms with Crippen LogP contribution in [0.4, 0.5) is 4.79 Å². The molecule has 176 valence electrons. The second kappa shape index (κ2) is 13.5. The Morgan fingerprint density at radius 1 is 1.23 bits per heavy atom. The Morgan fingerprint density at radius 2 is 1.90 bits per heavy atom. The fourth-order valence-corrected chi connectivity index (χ4v) is 4.46. The van der Waals surface area contributed by atoms with Crippen molar-refractivity contribution in [3.05, 3.63) is 35.9 Å². The molecule has 1 fully saturated rings. The van der Waals surface area contributed by atoms with Gasteiger partial charge in [-0.2, -0.15) is 0 Å². The van der Waals surface area contributed by atoms with Gasteiger partial charge in [0.15, 0.2) is 3.61 Å². The summed E-state index contributed by atoms with van der Waals surface area (Å²) in [6.07, 6.45) is 3.25. The maximum absolute atomic E-state index is 12.3. The number of piperidine rings is 1. The normalized spacial score (nSPS) is 16.8. The minimum absolute atomic E-state index is 0.236. The third kappa shape index (κ3) is 11.0. The number of halogens is 2. The smallest absolute Gasteiger partial charge is 0.411 e. The van der Waals surface area contributed by atoms with E-state index in [1.54, 1.807) is 4.90 Å². The first kappa shape index (κ1) is 27.1. The third-order valence-electron chi connectivity index (χ3n) is 5.46. The lowest BCUT2D eigenvalue weighted by molar-refractivity contribution is -0.0216. The fourth-order valence-electron chi connectivity index (χ4n) is 3.69. The first-order valence-electron chi connectivity index (χ1n) is 11.1. The van der Waals surface area contributed by atoms with Gasteiger partial charge < -0.3 is 20.1 Å². The molecule has 0 bridgehead atoms. The zero-order valence-electron chi connectivity index (χ0n) is 18.8. The summed E-state index contributed by atoms with van der Waals surface area (Å²) in [6, 6.07) is 10.5. The van der Waals surface area contributed by atoms with Gasteiger partial charge in [0.25, 0.3) is 0 Å². The molecule has 31 heavy (non-hydrogen) atoms. The van der Waals surface area contributed by atoms with Gasteiger partial charge in [-0.15, -0.1) is 0 Å². The first-order valence-corrected chi connectivity index (χ1v) is 13.7. The van der Waals surface area contributed by atoms with Crippen LogP contribution in [-0.4, -0.2) is 73.9 Å². The number of carbonyl (C=O) groups is 1. The predicted molar refractivity (Wildman–Crippen MR) is 143 cm³/mol. The number of unbranched alkanes of at least 4 members (excludes halogenated alkanes) is 1. The van der Waals surface area contributed by atoms with E-state index < -0.39 is 9.21 Å². The number of hydrogen-bond donors (Lipinski definition) is 2. The van der Waals surface area contributed by atoms with Crippen LogP contribution < -0.4 is 5.32 Å². The predicted octanol–water partition coefficient (Wildman–Crippen LogP) is 4.43. The second-order valence-electron chi connectivity index (χ2n) is 8.78. The second-order valence-corrected chi connectivity index (χ2v) is 12.5. The topological polar surface area (TPSA) is 65.0 Å². The van der Waals surface area contributed by atoms with Gasteiger partial charge in [-0.3, -0.25) is 4.90 Å². The van der Waals surface area contributed by atoms with Gasteiger partial charge >= 0.3 is 6.09 Å². The first-order chi connectivity index (χ1) is 14.7. The largest absolute Gasteiger partial charge is 0.433 e. The molecule has 1 aliphatic heterocycles. The van der Waals surface area contributed by atoms with E-state index in [4.69, 9.17) is 4.74 Å². The number of rotatable bonds is 12. The van der Waals surface area contributed by atoms with E-state index >= 15 is 0 Å². The van der Waals surface area contributed by atoms with Gasteiger partial charge in [0.1, 0.15) is 0 Å². The fraction of sp³-hybridized carbons (Fsp3) is 0.696. The van der Waals surface area contributed by atoms with Gasteiger partial charge in [0.05, 0.1) is 5.60 Å². The van der Waals surface area contributed by atoms with Gasteiger partial charge in [-0.05, 0) is 74.2 Å². The lowest BCUT2D eigenvalue weighted by atomic mass is 9.91. The SMILES string of the molecule is CC(C)(I)OC(=O)N(CCI)CCCCNCC1(O)CCN(Cc2ccccc2)CC1. The highest BCUT2D eigenvalue weighted by Gasteiger charge is 2.31. The average Bonchev–Trinajstić information content (AvgIpc) is 2.71. The molecule has 0 spiro atoms. The molecule has 0 aromatic heterocycles. The molecule has 1 heterocycles. The lowest BCUT2D eigenvalue weighted by Gasteiger charge is -2.38. The van der Waals surface area contributed by atoms with Crippen LogP contribution in [0.25, 0.3) is 0 Å². The molecule has 1 amide bonds. The Hall–Kier alpha value is -0.170. The minimum atomic E-state index is -0.615. The van der Waals surface area contributed by atoms with E-state index in [0.29, 0.717) is 19.6 Å². The Kier molecular flexibility index (Phi) is 11.8. The average molecular weight is 657 g/mol. The van der Waals surface area contributed by atoms with Crippen molar-refractivity contribution in [2.45, 2.75) is 55.3 Å². The molecular formula is C23H37I2N3O3. The molecular weight excluding hydrogens is 620 g/mol. The zero-order chi connectivity index (χ0) is 22.7. The lowest BCUT2D eigenvalue weighted by Crippen LogP contribution is -2.49. The number of likely N-dealkylation sites (tertiary alicyclic amines) is 1. The highest BCUT2D eigenvalue weighted by molar-refractivity contribution is 14.1. The highest BCUT2D eigenvalue weighted by Crippen LogP contribution is 2.23. The molecule has 1 aromatic carbocycles. The number of carbonyl (C=O) groups excluding carboxylic acids is 1. The summed E-state index contributed by atoms with van der Waals surface area (Å²) in [5.41, 5.74) is 0.712. The maximum Gasteiger partial charge on any atom is 0.411 e. The van der Waals surface area contributed by atoms with Crippen LogP contribution in [-0.2, 0) is 11.3 Å². The van der Waals surface area contributed by atoms with Crippen LogP contribution in [0.3, 0.4) is 0 Å². The van der Waals surface area contributed by atoms with E-state index in [9.17, 15) is 9.90 Å². The summed E-state index contributed by atoms with van der Waals surface area (Å²) in [5.74, 6) is 0. The van der Waals surface area contributed by atoms with Crippen LogP contribution in [0.1, 0.15) is 45.1 Å². The number of nitrogens with one attached hydrogen (secondary N) is 1. The van der Waals surface area contributed by atoms with Crippen molar-refractivity contribution in [2.24, 2.45) is 0 Å². The van der Waals surface area contributed by atoms with Crippen LogP contribution in [0, 0.1) is 0 Å². The summed E-state index contributed by atoms with van der Waals surface area (Å²) in [5, 5.41) is 14.3. The summed E-state index contributed by atoms with van der Waals surface area (Å²) in [7, 11) is 0. The monoisotopic (exact) mass is 657 g/mol. The third-order valence-corrected chi connectivity index (χ3v) is 6.17. The van der Waals surface area contributed by atoms with Crippen molar-refractivity contribution in [3.8, 4) is 0 Å². The van der Waals surface area contributed by atoms with Crippen LogP contribution in [0.15, 0.2) is 30.3 Å².